The molecule has 110 valence electrons. The van der Waals surface area contributed by atoms with Gasteiger partial charge in [-0.1, -0.05) is 23.7 Å². The molecule has 0 amide bonds. The van der Waals surface area contributed by atoms with Crippen LogP contribution in [0.25, 0.3) is 0 Å². The Morgan fingerprint density at radius 1 is 1.33 bits per heavy atom. The van der Waals surface area contributed by atoms with Gasteiger partial charge in [0.05, 0.1) is 0 Å². The molecule has 0 radical (unpaired) electrons. The zero-order valence-electron chi connectivity index (χ0n) is 11.2. The summed E-state index contributed by atoms with van der Waals surface area (Å²) in [7, 11) is 0. The Kier molecular flexibility index (Phi) is 4.17. The number of halogens is 2. The second kappa shape index (κ2) is 6.08. The van der Waals surface area contributed by atoms with E-state index in [1.807, 2.05) is 12.1 Å². The molecule has 0 bridgehead atoms. The summed E-state index contributed by atoms with van der Waals surface area (Å²) in [6.45, 7) is 0. The van der Waals surface area contributed by atoms with Crippen molar-refractivity contribution in [2.45, 2.75) is 25.2 Å². The van der Waals surface area contributed by atoms with Gasteiger partial charge in [-0.05, 0) is 42.4 Å². The molecule has 1 aliphatic carbocycles. The Bertz CT molecular complexity index is 664. The van der Waals surface area contributed by atoms with Crippen LogP contribution in [-0.2, 0) is 6.42 Å². The lowest BCUT2D eigenvalue weighted by molar-refractivity contribution is 0.383. The number of fused-ring (bicyclic) bond motifs is 1. The average molecular weight is 325 g/mol. The minimum Gasteiger partial charge on any atom is -0.503 e. The number of alkyl halides is 1. The molecule has 3 rings (SSSR count). The number of ether oxygens (including phenoxy) is 1. The number of rotatable bonds is 5. The van der Waals surface area contributed by atoms with Gasteiger partial charge in [0.15, 0.2) is 10.9 Å². The molecule has 0 saturated carbocycles. The molecule has 1 N–H and O–H groups in total. The highest BCUT2D eigenvalue weighted by atomic mass is 35.5. The molecule has 1 aliphatic rings. The van der Waals surface area contributed by atoms with E-state index >= 15 is 0 Å². The van der Waals surface area contributed by atoms with Gasteiger partial charge in [-0.15, -0.1) is 21.8 Å². The Labute approximate surface area is 132 Å². The first-order valence-corrected chi connectivity index (χ1v) is 7.68. The molecule has 0 aliphatic heterocycles. The van der Waals surface area contributed by atoms with Crippen LogP contribution in [0.2, 0.25) is 5.15 Å². The van der Waals surface area contributed by atoms with Crippen molar-refractivity contribution < 1.29 is 9.84 Å². The first-order valence-electron chi connectivity index (χ1n) is 6.77. The number of aromatic nitrogens is 2. The van der Waals surface area contributed by atoms with Crippen molar-refractivity contribution in [1.29, 1.82) is 0 Å². The molecule has 4 nitrogen and oxygen atoms in total. The highest BCUT2D eigenvalue weighted by Crippen LogP contribution is 2.44. The molecule has 0 fully saturated rings. The third kappa shape index (κ3) is 2.92. The van der Waals surface area contributed by atoms with Crippen LogP contribution < -0.4 is 4.74 Å². The molecule has 21 heavy (non-hydrogen) atoms. The summed E-state index contributed by atoms with van der Waals surface area (Å²) in [5, 5.41) is 17.3. The van der Waals surface area contributed by atoms with Crippen LogP contribution in [0.15, 0.2) is 24.3 Å². The maximum absolute atomic E-state index is 9.77. The van der Waals surface area contributed by atoms with Crippen LogP contribution in [0.3, 0.4) is 0 Å². The SMILES string of the molecule is Oc1cc(Cl)nnc1Oc1cccc2c1CC2CCCCl. The molecule has 2 aromatic rings. The molecule has 1 aromatic carbocycles. The van der Waals surface area contributed by atoms with E-state index in [-0.39, 0.29) is 16.8 Å². The Hall–Kier alpha value is -1.52. The van der Waals surface area contributed by atoms with Crippen molar-refractivity contribution in [3.63, 3.8) is 0 Å². The fourth-order valence-corrected chi connectivity index (χ4v) is 2.91. The van der Waals surface area contributed by atoms with Gasteiger partial charge in [0.2, 0.25) is 0 Å². The Morgan fingerprint density at radius 2 is 2.19 bits per heavy atom. The lowest BCUT2D eigenvalue weighted by Gasteiger charge is -2.31. The molecule has 6 heteroatoms. The van der Waals surface area contributed by atoms with Gasteiger partial charge in [0, 0.05) is 11.9 Å². The number of aromatic hydroxyl groups is 1. The fourth-order valence-electron chi connectivity index (χ4n) is 2.61. The normalized spacial score (nSPS) is 16.2. The minimum absolute atomic E-state index is 0.0667. The maximum Gasteiger partial charge on any atom is 0.281 e. The maximum atomic E-state index is 9.77. The predicted octanol–water partition coefficient (Wildman–Crippen LogP) is 4.29. The summed E-state index contributed by atoms with van der Waals surface area (Å²) in [6, 6.07) is 7.23. The smallest absolute Gasteiger partial charge is 0.281 e. The third-order valence-electron chi connectivity index (χ3n) is 3.66. The Balaban J connectivity index is 1.80. The summed E-state index contributed by atoms with van der Waals surface area (Å²) in [5.74, 6) is 1.90. The highest BCUT2D eigenvalue weighted by Gasteiger charge is 2.29. The van der Waals surface area contributed by atoms with E-state index in [4.69, 9.17) is 27.9 Å². The fraction of sp³-hybridized carbons (Fsp3) is 0.333. The van der Waals surface area contributed by atoms with Gasteiger partial charge in [0.25, 0.3) is 5.88 Å². The van der Waals surface area contributed by atoms with Gasteiger partial charge in [-0.3, -0.25) is 0 Å². The standard InChI is InChI=1S/C15H14Cl2N2O2/c16-6-2-3-9-7-11-10(9)4-1-5-13(11)21-15-12(20)8-14(17)18-19-15/h1,4-5,8-9H,2-3,6-7H2,(H,18,20). The van der Waals surface area contributed by atoms with Crippen LogP contribution in [0.4, 0.5) is 0 Å². The van der Waals surface area contributed by atoms with E-state index in [1.54, 1.807) is 0 Å². The van der Waals surface area contributed by atoms with E-state index in [1.165, 1.54) is 11.6 Å². The lowest BCUT2D eigenvalue weighted by atomic mass is 9.75. The summed E-state index contributed by atoms with van der Waals surface area (Å²) in [6.07, 6.45) is 3.07. The molecule has 0 spiro atoms. The van der Waals surface area contributed by atoms with Gasteiger partial charge < -0.3 is 9.84 Å². The summed E-state index contributed by atoms with van der Waals surface area (Å²) in [5.41, 5.74) is 2.45. The molecular weight excluding hydrogens is 311 g/mol. The van der Waals surface area contributed by atoms with Crippen LogP contribution in [-0.4, -0.2) is 21.2 Å². The van der Waals surface area contributed by atoms with Crippen molar-refractivity contribution in [2.24, 2.45) is 0 Å². The van der Waals surface area contributed by atoms with Gasteiger partial charge >= 0.3 is 0 Å². The van der Waals surface area contributed by atoms with E-state index in [2.05, 4.69) is 16.3 Å². The van der Waals surface area contributed by atoms with Gasteiger partial charge in [-0.2, -0.15) is 0 Å². The first kappa shape index (κ1) is 14.4. The van der Waals surface area contributed by atoms with Crippen LogP contribution >= 0.6 is 23.2 Å². The van der Waals surface area contributed by atoms with Crippen molar-refractivity contribution in [3.8, 4) is 17.4 Å². The second-order valence-electron chi connectivity index (χ2n) is 5.02. The van der Waals surface area contributed by atoms with E-state index in [0.29, 0.717) is 17.5 Å². The number of nitrogens with zero attached hydrogens (tertiary/aromatic N) is 2. The predicted molar refractivity (Wildman–Crippen MR) is 81.6 cm³/mol. The van der Waals surface area contributed by atoms with Crippen molar-refractivity contribution in [3.05, 3.63) is 40.5 Å². The van der Waals surface area contributed by atoms with Crippen molar-refractivity contribution >= 4 is 23.2 Å². The van der Waals surface area contributed by atoms with Crippen LogP contribution in [0.5, 0.6) is 17.4 Å². The monoisotopic (exact) mass is 324 g/mol. The third-order valence-corrected chi connectivity index (χ3v) is 4.12. The van der Waals surface area contributed by atoms with Crippen molar-refractivity contribution in [1.82, 2.24) is 10.2 Å². The molecule has 1 heterocycles. The van der Waals surface area contributed by atoms with Gasteiger partial charge in [-0.25, -0.2) is 0 Å². The molecule has 1 unspecified atom stereocenters. The van der Waals surface area contributed by atoms with Crippen LogP contribution in [0.1, 0.15) is 29.9 Å². The number of benzene rings is 1. The molecular formula is C15H14Cl2N2O2. The zero-order valence-corrected chi connectivity index (χ0v) is 12.7. The van der Waals surface area contributed by atoms with E-state index < -0.39 is 0 Å². The second-order valence-corrected chi connectivity index (χ2v) is 5.78. The largest absolute Gasteiger partial charge is 0.503 e. The molecule has 0 saturated heterocycles. The first-order chi connectivity index (χ1) is 10.2. The topological polar surface area (TPSA) is 55.2 Å². The van der Waals surface area contributed by atoms with E-state index in [9.17, 15) is 5.11 Å². The van der Waals surface area contributed by atoms with Crippen LogP contribution in [0, 0.1) is 0 Å². The minimum atomic E-state index is -0.120. The summed E-state index contributed by atoms with van der Waals surface area (Å²) < 4.78 is 5.67. The van der Waals surface area contributed by atoms with Crippen molar-refractivity contribution in [2.75, 3.05) is 5.88 Å². The number of hydrogen-bond acceptors (Lipinski definition) is 4. The Morgan fingerprint density at radius 3 is 2.95 bits per heavy atom. The molecule has 1 aromatic heterocycles. The van der Waals surface area contributed by atoms with E-state index in [0.717, 1.165) is 24.8 Å². The zero-order chi connectivity index (χ0) is 14.8. The number of hydrogen-bond donors (Lipinski definition) is 1. The quantitative estimate of drug-likeness (QED) is 0.834. The summed E-state index contributed by atoms with van der Waals surface area (Å²) in [4.78, 5) is 0. The molecule has 1 atom stereocenters. The average Bonchev–Trinajstić information content (AvgIpc) is 2.44. The lowest BCUT2D eigenvalue weighted by Crippen LogP contribution is -2.18. The van der Waals surface area contributed by atoms with Gasteiger partial charge in [0.1, 0.15) is 5.75 Å². The highest BCUT2D eigenvalue weighted by molar-refractivity contribution is 6.29. The summed E-state index contributed by atoms with van der Waals surface area (Å²) >= 11 is 11.4.